The van der Waals surface area contributed by atoms with Crippen LogP contribution in [-0.2, 0) is 12.5 Å². The summed E-state index contributed by atoms with van der Waals surface area (Å²) in [4.78, 5) is 0. The van der Waals surface area contributed by atoms with Gasteiger partial charge in [0.25, 0.3) is 0 Å². The molecular weight excluding hydrogens is 234 g/mol. The number of nitriles is 1. The third-order valence-electron chi connectivity index (χ3n) is 5.99. The van der Waals surface area contributed by atoms with Crippen LogP contribution in [0.25, 0.3) is 0 Å². The van der Waals surface area contributed by atoms with Gasteiger partial charge >= 0.3 is 0 Å². The molecule has 19 heavy (non-hydrogen) atoms. The zero-order valence-corrected chi connectivity index (χ0v) is 11.8. The molecule has 0 spiro atoms. The molecule has 4 aliphatic rings. The van der Waals surface area contributed by atoms with Crippen molar-refractivity contribution in [3.05, 3.63) is 17.0 Å². The first-order valence-corrected chi connectivity index (χ1v) is 7.55. The van der Waals surface area contributed by atoms with Crippen LogP contribution in [0, 0.1) is 36.0 Å². The van der Waals surface area contributed by atoms with Crippen molar-refractivity contribution in [2.24, 2.45) is 24.8 Å². The predicted molar refractivity (Wildman–Crippen MR) is 72.5 cm³/mol. The largest absolute Gasteiger partial charge is 0.271 e. The molecule has 0 aliphatic heterocycles. The number of hydrogen-bond donors (Lipinski definition) is 0. The maximum atomic E-state index is 9.51. The van der Waals surface area contributed by atoms with Crippen LogP contribution in [0.15, 0.2) is 0 Å². The molecule has 5 rings (SSSR count). The Morgan fingerprint density at radius 1 is 1.16 bits per heavy atom. The van der Waals surface area contributed by atoms with Crippen LogP contribution in [0.2, 0.25) is 0 Å². The molecule has 3 nitrogen and oxygen atoms in total. The van der Waals surface area contributed by atoms with Crippen molar-refractivity contribution in [3.8, 4) is 6.07 Å². The lowest BCUT2D eigenvalue weighted by molar-refractivity contribution is -0.00754. The predicted octanol–water partition coefficient (Wildman–Crippen LogP) is 3.07. The highest BCUT2D eigenvalue weighted by Gasteiger charge is 2.53. The summed E-state index contributed by atoms with van der Waals surface area (Å²) in [5.74, 6) is 2.71. The summed E-state index contributed by atoms with van der Waals surface area (Å²) in [6, 6.07) is 2.43. The Kier molecular flexibility index (Phi) is 2.20. The Hall–Kier alpha value is -1.30. The first-order chi connectivity index (χ1) is 9.11. The Morgan fingerprint density at radius 3 is 2.16 bits per heavy atom. The van der Waals surface area contributed by atoms with Crippen LogP contribution in [-0.4, -0.2) is 9.78 Å². The lowest BCUT2D eigenvalue weighted by atomic mass is 9.48. The van der Waals surface area contributed by atoms with Crippen molar-refractivity contribution in [2.75, 3.05) is 0 Å². The molecular formula is C16H21N3. The van der Waals surface area contributed by atoms with E-state index in [1.165, 1.54) is 38.5 Å². The molecule has 1 aromatic rings. The molecule has 0 amide bonds. The van der Waals surface area contributed by atoms with Crippen molar-refractivity contribution in [1.29, 1.82) is 5.26 Å². The van der Waals surface area contributed by atoms with E-state index in [0.29, 0.717) is 0 Å². The van der Waals surface area contributed by atoms with Gasteiger partial charge in [0.15, 0.2) is 0 Å². The van der Waals surface area contributed by atoms with Gasteiger partial charge in [0, 0.05) is 12.5 Å². The van der Waals surface area contributed by atoms with E-state index in [9.17, 15) is 5.26 Å². The minimum atomic E-state index is 0.242. The molecule has 0 unspecified atom stereocenters. The summed E-state index contributed by atoms with van der Waals surface area (Å²) in [6.07, 6.45) is 8.16. The molecule has 4 saturated carbocycles. The third-order valence-corrected chi connectivity index (χ3v) is 5.99. The lowest BCUT2D eigenvalue weighted by Crippen LogP contribution is -2.49. The molecule has 100 valence electrons. The van der Waals surface area contributed by atoms with Crippen LogP contribution < -0.4 is 0 Å². The molecule has 0 atom stereocenters. The maximum absolute atomic E-state index is 9.51. The highest BCUT2D eigenvalue weighted by molar-refractivity contribution is 5.43. The van der Waals surface area contributed by atoms with Gasteiger partial charge in [0.05, 0.1) is 17.0 Å². The van der Waals surface area contributed by atoms with Gasteiger partial charge in [-0.2, -0.15) is 10.4 Å². The van der Waals surface area contributed by atoms with Crippen LogP contribution in [0.5, 0.6) is 0 Å². The van der Waals surface area contributed by atoms with Crippen LogP contribution in [0.3, 0.4) is 0 Å². The van der Waals surface area contributed by atoms with Gasteiger partial charge in [-0.15, -0.1) is 0 Å². The Bertz CT molecular complexity index is 540. The minimum Gasteiger partial charge on any atom is -0.271 e. The molecule has 1 heterocycles. The van der Waals surface area contributed by atoms with E-state index in [-0.39, 0.29) is 5.41 Å². The van der Waals surface area contributed by atoms with Crippen molar-refractivity contribution < 1.29 is 0 Å². The van der Waals surface area contributed by atoms with Gasteiger partial charge < -0.3 is 0 Å². The minimum absolute atomic E-state index is 0.242. The summed E-state index contributed by atoms with van der Waals surface area (Å²) in [7, 11) is 1.97. The van der Waals surface area contributed by atoms with Gasteiger partial charge in [-0.3, -0.25) is 4.68 Å². The van der Waals surface area contributed by atoms with Crippen molar-refractivity contribution >= 4 is 0 Å². The quantitative estimate of drug-likeness (QED) is 0.774. The zero-order chi connectivity index (χ0) is 13.2. The SMILES string of the molecule is Cc1c(C#N)c(C23CC4CC(CC(C4)C2)C3)nn1C. The molecule has 0 aromatic carbocycles. The molecule has 3 heteroatoms. The first-order valence-electron chi connectivity index (χ1n) is 7.55. The normalized spacial score (nSPS) is 39.5. The highest BCUT2D eigenvalue weighted by Crippen LogP contribution is 2.60. The fourth-order valence-corrected chi connectivity index (χ4v) is 5.51. The van der Waals surface area contributed by atoms with Gasteiger partial charge in [-0.1, -0.05) is 0 Å². The summed E-state index contributed by atoms with van der Waals surface area (Å²) in [6.45, 7) is 2.02. The monoisotopic (exact) mass is 255 g/mol. The smallest absolute Gasteiger partial charge is 0.103 e. The van der Waals surface area contributed by atoms with Crippen LogP contribution in [0.1, 0.15) is 55.5 Å². The number of nitrogens with zero attached hydrogens (tertiary/aromatic N) is 3. The second-order valence-corrected chi connectivity index (χ2v) is 7.24. The van der Waals surface area contributed by atoms with Gasteiger partial charge in [0.2, 0.25) is 0 Å². The molecule has 4 fully saturated rings. The van der Waals surface area contributed by atoms with Gasteiger partial charge in [0.1, 0.15) is 6.07 Å². The summed E-state index contributed by atoms with van der Waals surface area (Å²) in [5.41, 5.74) is 3.28. The van der Waals surface area contributed by atoms with E-state index >= 15 is 0 Å². The Balaban J connectivity index is 1.84. The third kappa shape index (κ3) is 1.46. The second kappa shape index (κ2) is 3.62. The second-order valence-electron chi connectivity index (χ2n) is 7.24. The molecule has 4 bridgehead atoms. The average molecular weight is 255 g/mol. The Morgan fingerprint density at radius 2 is 1.68 bits per heavy atom. The molecule has 1 aromatic heterocycles. The van der Waals surface area contributed by atoms with Gasteiger partial charge in [-0.05, 0) is 63.2 Å². The standard InChI is InChI=1S/C16H21N3/c1-10-14(9-17)15(18-19(10)2)16-6-11-3-12(7-16)5-13(4-11)8-16/h11-13H,3-8H2,1-2H3. The van der Waals surface area contributed by atoms with E-state index in [2.05, 4.69) is 6.07 Å². The summed E-state index contributed by atoms with van der Waals surface area (Å²) in [5, 5.41) is 14.3. The van der Waals surface area contributed by atoms with E-state index in [1.807, 2.05) is 18.7 Å². The number of aryl methyl sites for hydroxylation is 1. The molecule has 0 saturated heterocycles. The highest BCUT2D eigenvalue weighted by atomic mass is 15.3. The van der Waals surface area contributed by atoms with E-state index in [1.54, 1.807) is 0 Å². The fourth-order valence-electron chi connectivity index (χ4n) is 5.51. The lowest BCUT2D eigenvalue weighted by Gasteiger charge is -2.56. The van der Waals surface area contributed by atoms with E-state index in [4.69, 9.17) is 5.10 Å². The Labute approximate surface area is 114 Å². The summed E-state index contributed by atoms with van der Waals surface area (Å²) >= 11 is 0. The van der Waals surface area contributed by atoms with E-state index in [0.717, 1.165) is 34.7 Å². The number of rotatable bonds is 1. The van der Waals surface area contributed by atoms with Crippen LogP contribution >= 0.6 is 0 Å². The number of aromatic nitrogens is 2. The molecule has 0 radical (unpaired) electrons. The average Bonchev–Trinajstić information content (AvgIpc) is 2.64. The van der Waals surface area contributed by atoms with Gasteiger partial charge in [-0.25, -0.2) is 0 Å². The first kappa shape index (κ1) is 11.5. The number of hydrogen-bond acceptors (Lipinski definition) is 2. The molecule has 4 aliphatic carbocycles. The van der Waals surface area contributed by atoms with Crippen molar-refractivity contribution in [3.63, 3.8) is 0 Å². The van der Waals surface area contributed by atoms with E-state index < -0.39 is 0 Å². The summed E-state index contributed by atoms with van der Waals surface area (Å²) < 4.78 is 1.91. The molecule has 0 N–H and O–H groups in total. The fraction of sp³-hybridized carbons (Fsp3) is 0.750. The van der Waals surface area contributed by atoms with Crippen molar-refractivity contribution in [1.82, 2.24) is 9.78 Å². The van der Waals surface area contributed by atoms with Crippen LogP contribution in [0.4, 0.5) is 0 Å². The van der Waals surface area contributed by atoms with Crippen molar-refractivity contribution in [2.45, 2.75) is 50.9 Å². The zero-order valence-electron chi connectivity index (χ0n) is 11.8. The maximum Gasteiger partial charge on any atom is 0.103 e. The topological polar surface area (TPSA) is 41.6 Å².